The van der Waals surface area contributed by atoms with Crippen LogP contribution in [0.25, 0.3) is 17.1 Å². The summed E-state index contributed by atoms with van der Waals surface area (Å²) in [6.45, 7) is 1.99. The number of fused-ring (bicyclic) bond motifs is 1. The number of nitrogens with two attached hydrogens (primary N) is 1. The van der Waals surface area contributed by atoms with Gasteiger partial charge in [-0.15, -0.1) is 0 Å². The summed E-state index contributed by atoms with van der Waals surface area (Å²) < 4.78 is 3.82. The third kappa shape index (κ3) is 2.58. The number of anilines is 1. The van der Waals surface area contributed by atoms with Crippen LogP contribution in [-0.4, -0.2) is 46.5 Å². The summed E-state index contributed by atoms with van der Waals surface area (Å²) in [4.78, 5) is 12.6. The Balaban J connectivity index is 1.61. The van der Waals surface area contributed by atoms with Crippen LogP contribution in [0.15, 0.2) is 31.0 Å². The van der Waals surface area contributed by atoms with Crippen molar-refractivity contribution in [1.82, 2.24) is 24.1 Å². The number of nitrogen functional groups attached to an aromatic ring is 1. The van der Waals surface area contributed by atoms with Gasteiger partial charge in [0.15, 0.2) is 0 Å². The molecule has 3 aromatic heterocycles. The van der Waals surface area contributed by atoms with Gasteiger partial charge in [-0.1, -0.05) is 6.08 Å². The summed E-state index contributed by atoms with van der Waals surface area (Å²) >= 11 is 0. The minimum absolute atomic E-state index is 0.173. The molecule has 26 heavy (non-hydrogen) atoms. The van der Waals surface area contributed by atoms with Gasteiger partial charge in [0, 0.05) is 24.9 Å². The van der Waals surface area contributed by atoms with Crippen LogP contribution in [0.3, 0.4) is 0 Å². The zero-order chi connectivity index (χ0) is 18.4. The zero-order valence-corrected chi connectivity index (χ0v) is 14.7. The SMILES string of the molecule is Cc1c(/C=C/[C@H]2C[C@@H](n3ccc4c(N)ncnc43)[C@H](O)[C@@H]2O)ncn1C. The van der Waals surface area contributed by atoms with Crippen molar-refractivity contribution in [2.45, 2.75) is 31.6 Å². The second-order valence-corrected chi connectivity index (χ2v) is 6.85. The number of rotatable bonds is 3. The molecule has 1 saturated carbocycles. The number of hydrogen-bond acceptors (Lipinski definition) is 6. The van der Waals surface area contributed by atoms with Crippen LogP contribution < -0.4 is 5.73 Å². The van der Waals surface area contributed by atoms with E-state index in [0.29, 0.717) is 17.9 Å². The van der Waals surface area contributed by atoms with Crippen molar-refractivity contribution in [2.24, 2.45) is 13.0 Å². The molecule has 4 N–H and O–H groups in total. The number of aryl methyl sites for hydroxylation is 1. The fraction of sp³-hybridized carbons (Fsp3) is 0.389. The Morgan fingerprint density at radius 3 is 2.77 bits per heavy atom. The van der Waals surface area contributed by atoms with E-state index in [4.69, 9.17) is 5.73 Å². The quantitative estimate of drug-likeness (QED) is 0.648. The third-order valence-corrected chi connectivity index (χ3v) is 5.36. The Kier molecular flexibility index (Phi) is 4.01. The number of imidazole rings is 1. The van der Waals surface area contributed by atoms with Crippen molar-refractivity contribution >= 4 is 22.9 Å². The Hall–Kier alpha value is -2.71. The standard InChI is InChI=1S/C18H22N6O2/c1-10-13(22-9-23(10)2)4-3-11-7-14(16(26)15(11)25)24-6-5-12-17(19)20-8-21-18(12)24/h3-6,8-9,11,14-16,25-26H,7H2,1-2H3,(H2,19,20,21)/b4-3+/t11-,14+,15+,16-/m0/s1. The lowest BCUT2D eigenvalue weighted by molar-refractivity contribution is 0.0139. The molecule has 0 bridgehead atoms. The number of hydrogen-bond donors (Lipinski definition) is 3. The van der Waals surface area contributed by atoms with Gasteiger partial charge in [-0.05, 0) is 25.5 Å². The third-order valence-electron chi connectivity index (χ3n) is 5.36. The van der Waals surface area contributed by atoms with Crippen LogP contribution in [0.5, 0.6) is 0 Å². The molecule has 1 aliphatic carbocycles. The van der Waals surface area contributed by atoms with Crippen LogP contribution in [0.1, 0.15) is 23.9 Å². The lowest BCUT2D eigenvalue weighted by Gasteiger charge is -2.18. The Morgan fingerprint density at radius 1 is 1.23 bits per heavy atom. The van der Waals surface area contributed by atoms with Crippen molar-refractivity contribution in [3.63, 3.8) is 0 Å². The fourth-order valence-corrected chi connectivity index (χ4v) is 3.66. The average molecular weight is 354 g/mol. The first kappa shape index (κ1) is 16.7. The molecular formula is C18H22N6O2. The van der Waals surface area contributed by atoms with Gasteiger partial charge < -0.3 is 25.1 Å². The summed E-state index contributed by atoms with van der Waals surface area (Å²) in [5.74, 6) is 0.233. The molecule has 1 fully saturated rings. The summed E-state index contributed by atoms with van der Waals surface area (Å²) in [6, 6.07) is 1.56. The number of nitrogens with zero attached hydrogens (tertiary/aromatic N) is 5. The molecule has 0 spiro atoms. The van der Waals surface area contributed by atoms with E-state index >= 15 is 0 Å². The number of aromatic nitrogens is 5. The summed E-state index contributed by atoms with van der Waals surface area (Å²) in [5, 5.41) is 21.8. The molecule has 0 aromatic carbocycles. The maximum atomic E-state index is 10.6. The summed E-state index contributed by atoms with van der Waals surface area (Å²) in [7, 11) is 1.94. The monoisotopic (exact) mass is 354 g/mol. The van der Waals surface area contributed by atoms with Gasteiger partial charge in [-0.2, -0.15) is 0 Å². The molecule has 4 atom stereocenters. The van der Waals surface area contributed by atoms with Crippen LogP contribution in [0, 0.1) is 12.8 Å². The van der Waals surface area contributed by atoms with E-state index < -0.39 is 12.2 Å². The molecular weight excluding hydrogens is 332 g/mol. The van der Waals surface area contributed by atoms with E-state index in [0.717, 1.165) is 16.8 Å². The van der Waals surface area contributed by atoms with Crippen LogP contribution in [-0.2, 0) is 7.05 Å². The van der Waals surface area contributed by atoms with Gasteiger partial charge in [-0.3, -0.25) is 0 Å². The van der Waals surface area contributed by atoms with Gasteiger partial charge in [0.25, 0.3) is 0 Å². The molecule has 136 valence electrons. The molecule has 0 amide bonds. The molecule has 1 aliphatic rings. The van der Waals surface area contributed by atoms with Crippen molar-refractivity contribution in [3.05, 3.63) is 42.4 Å². The van der Waals surface area contributed by atoms with Gasteiger partial charge in [0.1, 0.15) is 23.9 Å². The fourth-order valence-electron chi connectivity index (χ4n) is 3.66. The highest BCUT2D eigenvalue weighted by molar-refractivity contribution is 5.86. The minimum atomic E-state index is -0.888. The molecule has 3 heterocycles. The molecule has 0 saturated heterocycles. The predicted molar refractivity (Wildman–Crippen MR) is 98.1 cm³/mol. The molecule has 8 nitrogen and oxygen atoms in total. The van der Waals surface area contributed by atoms with E-state index in [-0.39, 0.29) is 12.0 Å². The Morgan fingerprint density at radius 2 is 2.04 bits per heavy atom. The van der Waals surface area contributed by atoms with E-state index in [9.17, 15) is 10.2 Å². The van der Waals surface area contributed by atoms with E-state index in [2.05, 4.69) is 15.0 Å². The van der Waals surface area contributed by atoms with E-state index in [1.165, 1.54) is 6.33 Å². The first-order valence-electron chi connectivity index (χ1n) is 8.56. The molecule has 8 heteroatoms. The molecule has 0 radical (unpaired) electrons. The van der Waals surface area contributed by atoms with E-state index in [1.807, 2.05) is 47.5 Å². The topological polar surface area (TPSA) is 115 Å². The number of aliphatic hydroxyl groups is 2. The summed E-state index contributed by atoms with van der Waals surface area (Å²) in [5.41, 5.74) is 8.47. The van der Waals surface area contributed by atoms with Crippen molar-refractivity contribution in [2.75, 3.05) is 5.73 Å². The van der Waals surface area contributed by atoms with Crippen LogP contribution >= 0.6 is 0 Å². The molecule has 4 rings (SSSR count). The second kappa shape index (κ2) is 6.22. The first-order chi connectivity index (χ1) is 12.5. The van der Waals surface area contributed by atoms with Gasteiger partial charge in [0.2, 0.25) is 0 Å². The molecule has 3 aromatic rings. The van der Waals surface area contributed by atoms with E-state index in [1.54, 1.807) is 6.33 Å². The zero-order valence-electron chi connectivity index (χ0n) is 14.7. The molecule has 0 unspecified atom stereocenters. The maximum absolute atomic E-state index is 10.6. The largest absolute Gasteiger partial charge is 0.390 e. The predicted octanol–water partition coefficient (Wildman–Crippen LogP) is 1.05. The summed E-state index contributed by atoms with van der Waals surface area (Å²) in [6.07, 6.45) is 7.70. The molecule has 0 aliphatic heterocycles. The van der Waals surface area contributed by atoms with Crippen molar-refractivity contribution < 1.29 is 10.2 Å². The first-order valence-corrected chi connectivity index (χ1v) is 8.56. The van der Waals surface area contributed by atoms with Gasteiger partial charge in [-0.25, -0.2) is 15.0 Å². The lowest BCUT2D eigenvalue weighted by Crippen LogP contribution is -2.29. The minimum Gasteiger partial charge on any atom is -0.390 e. The van der Waals surface area contributed by atoms with Gasteiger partial charge >= 0.3 is 0 Å². The number of aliphatic hydroxyl groups excluding tert-OH is 2. The van der Waals surface area contributed by atoms with Crippen molar-refractivity contribution in [3.8, 4) is 0 Å². The second-order valence-electron chi connectivity index (χ2n) is 6.85. The Labute approximate surface area is 150 Å². The highest BCUT2D eigenvalue weighted by atomic mass is 16.3. The normalized spacial score (nSPS) is 26.3. The Bertz CT molecular complexity index is 975. The highest BCUT2D eigenvalue weighted by Crippen LogP contribution is 2.38. The lowest BCUT2D eigenvalue weighted by atomic mass is 10.0. The van der Waals surface area contributed by atoms with Crippen molar-refractivity contribution in [1.29, 1.82) is 0 Å². The highest BCUT2D eigenvalue weighted by Gasteiger charge is 2.41. The maximum Gasteiger partial charge on any atom is 0.145 e. The average Bonchev–Trinajstić information content (AvgIpc) is 3.27. The van der Waals surface area contributed by atoms with Crippen LogP contribution in [0.4, 0.5) is 5.82 Å². The van der Waals surface area contributed by atoms with Crippen LogP contribution in [0.2, 0.25) is 0 Å². The smallest absolute Gasteiger partial charge is 0.145 e. The van der Waals surface area contributed by atoms with Gasteiger partial charge in [0.05, 0.1) is 29.6 Å².